The van der Waals surface area contributed by atoms with Crippen LogP contribution in [-0.4, -0.2) is 28.5 Å². The number of hydrogen-bond acceptors (Lipinski definition) is 4. The summed E-state index contributed by atoms with van der Waals surface area (Å²) in [4.78, 5) is 26.5. The Morgan fingerprint density at radius 3 is 2.52 bits per heavy atom. The molecule has 1 rings (SSSR count). The summed E-state index contributed by atoms with van der Waals surface area (Å²) in [7, 11) is 0. The van der Waals surface area contributed by atoms with Gasteiger partial charge in [0.2, 0.25) is 5.76 Å². The van der Waals surface area contributed by atoms with Gasteiger partial charge in [-0.2, -0.15) is 0 Å². The monoisotopic (exact) mass is 296 g/mol. The number of rotatable bonds is 7. The Morgan fingerprint density at radius 2 is 2.05 bits per heavy atom. The Kier molecular flexibility index (Phi) is 5.93. The van der Waals surface area contributed by atoms with Gasteiger partial charge in [-0.05, 0) is 31.1 Å². The Balaban J connectivity index is 2.48. The third kappa shape index (κ3) is 5.57. The first-order valence-electron chi connectivity index (χ1n) is 7.12. The van der Waals surface area contributed by atoms with Crippen molar-refractivity contribution in [3.63, 3.8) is 0 Å². The number of aryl methyl sites for hydroxylation is 1. The van der Waals surface area contributed by atoms with E-state index in [4.69, 9.17) is 9.52 Å². The number of aliphatic carboxylic acids is 1. The normalized spacial score (nSPS) is 13.0. The van der Waals surface area contributed by atoms with Crippen LogP contribution in [0.2, 0.25) is 0 Å². The summed E-state index contributed by atoms with van der Waals surface area (Å²) in [6.45, 7) is 8.45. The van der Waals surface area contributed by atoms with Crippen LogP contribution < -0.4 is 5.32 Å². The van der Waals surface area contributed by atoms with Crippen molar-refractivity contribution in [1.82, 2.24) is 10.3 Å². The van der Waals surface area contributed by atoms with E-state index in [9.17, 15) is 9.59 Å². The Hall–Kier alpha value is -1.85. The zero-order valence-electron chi connectivity index (χ0n) is 13.1. The summed E-state index contributed by atoms with van der Waals surface area (Å²) in [5.74, 6) is -0.612. The summed E-state index contributed by atoms with van der Waals surface area (Å²) in [5.41, 5.74) is 0.563. The molecule has 0 radical (unpaired) electrons. The molecule has 1 atom stereocenters. The minimum absolute atomic E-state index is 0.00231. The van der Waals surface area contributed by atoms with Gasteiger partial charge in [0.1, 0.15) is 0 Å². The van der Waals surface area contributed by atoms with E-state index in [-0.39, 0.29) is 29.4 Å². The minimum atomic E-state index is -0.787. The van der Waals surface area contributed by atoms with Crippen LogP contribution >= 0.6 is 0 Å². The summed E-state index contributed by atoms with van der Waals surface area (Å²) < 4.78 is 5.03. The van der Waals surface area contributed by atoms with Crippen LogP contribution in [0.4, 0.5) is 0 Å². The first-order valence-corrected chi connectivity index (χ1v) is 7.12. The van der Waals surface area contributed by atoms with Crippen LogP contribution in [0, 0.1) is 18.3 Å². The number of carboxylic acid groups (broad SMARTS) is 1. The predicted molar refractivity (Wildman–Crippen MR) is 78.0 cm³/mol. The van der Waals surface area contributed by atoms with Crippen LogP contribution in [0.5, 0.6) is 0 Å². The van der Waals surface area contributed by atoms with Crippen molar-refractivity contribution in [2.24, 2.45) is 11.3 Å². The van der Waals surface area contributed by atoms with Crippen molar-refractivity contribution in [2.75, 3.05) is 6.54 Å². The molecular weight excluding hydrogens is 272 g/mol. The Morgan fingerprint density at radius 1 is 1.38 bits per heavy atom. The molecule has 2 N–H and O–H groups in total. The lowest BCUT2D eigenvalue weighted by atomic mass is 9.76. The van der Waals surface area contributed by atoms with E-state index in [2.05, 4.69) is 31.1 Å². The first-order chi connectivity index (χ1) is 9.71. The van der Waals surface area contributed by atoms with Gasteiger partial charge >= 0.3 is 5.97 Å². The molecule has 0 aliphatic carbocycles. The van der Waals surface area contributed by atoms with Gasteiger partial charge in [0, 0.05) is 13.0 Å². The van der Waals surface area contributed by atoms with Crippen LogP contribution in [0.3, 0.4) is 0 Å². The van der Waals surface area contributed by atoms with Crippen molar-refractivity contribution in [3.8, 4) is 0 Å². The second kappa shape index (κ2) is 7.24. The highest BCUT2D eigenvalue weighted by Crippen LogP contribution is 2.32. The number of aromatic nitrogens is 1. The van der Waals surface area contributed by atoms with E-state index in [0.29, 0.717) is 18.7 Å². The molecule has 0 aromatic carbocycles. The number of carbonyl (C=O) groups excluding carboxylic acids is 1. The molecule has 6 nitrogen and oxygen atoms in total. The fourth-order valence-corrected chi connectivity index (χ4v) is 2.27. The lowest BCUT2D eigenvalue weighted by Gasteiger charge is -2.30. The van der Waals surface area contributed by atoms with Gasteiger partial charge in [0.25, 0.3) is 5.91 Å². The molecule has 0 aliphatic rings. The first kappa shape index (κ1) is 17.2. The third-order valence-electron chi connectivity index (χ3n) is 3.66. The van der Waals surface area contributed by atoms with Gasteiger partial charge in [0.05, 0.1) is 5.69 Å². The number of carboxylic acids is 1. The smallest absolute Gasteiger partial charge is 0.303 e. The van der Waals surface area contributed by atoms with Crippen LogP contribution in [0.25, 0.3) is 0 Å². The van der Waals surface area contributed by atoms with Crippen molar-refractivity contribution in [3.05, 3.63) is 17.8 Å². The number of amides is 1. The van der Waals surface area contributed by atoms with E-state index in [1.807, 2.05) is 0 Å². The maximum absolute atomic E-state index is 11.9. The Bertz CT molecular complexity index is 488. The summed E-state index contributed by atoms with van der Waals surface area (Å²) in [6.07, 6.45) is 2.73. The fourth-order valence-electron chi connectivity index (χ4n) is 2.27. The molecule has 21 heavy (non-hydrogen) atoms. The lowest BCUT2D eigenvalue weighted by molar-refractivity contribution is -0.137. The van der Waals surface area contributed by atoms with Crippen LogP contribution in [0.15, 0.2) is 10.8 Å². The van der Waals surface area contributed by atoms with Gasteiger partial charge in [0.15, 0.2) is 6.39 Å². The zero-order chi connectivity index (χ0) is 16.0. The number of nitrogens with one attached hydrogen (secondary N) is 1. The van der Waals surface area contributed by atoms with Crippen molar-refractivity contribution < 1.29 is 19.1 Å². The van der Waals surface area contributed by atoms with E-state index in [0.717, 1.165) is 6.42 Å². The maximum Gasteiger partial charge on any atom is 0.303 e. The highest BCUT2D eigenvalue weighted by Gasteiger charge is 2.25. The molecule has 0 aliphatic heterocycles. The average Bonchev–Trinajstić information content (AvgIpc) is 2.77. The molecule has 0 spiro atoms. The summed E-state index contributed by atoms with van der Waals surface area (Å²) in [5, 5.41) is 11.6. The Labute approximate surface area is 124 Å². The van der Waals surface area contributed by atoms with Crippen LogP contribution in [0.1, 0.15) is 56.3 Å². The molecule has 0 saturated heterocycles. The van der Waals surface area contributed by atoms with Gasteiger partial charge in [-0.15, -0.1) is 0 Å². The third-order valence-corrected chi connectivity index (χ3v) is 3.66. The summed E-state index contributed by atoms with van der Waals surface area (Å²) in [6, 6.07) is 0. The van der Waals surface area contributed by atoms with Gasteiger partial charge < -0.3 is 14.8 Å². The molecule has 1 aromatic heterocycles. The van der Waals surface area contributed by atoms with Gasteiger partial charge in [-0.3, -0.25) is 9.59 Å². The fraction of sp³-hybridized carbons (Fsp3) is 0.667. The summed E-state index contributed by atoms with van der Waals surface area (Å²) >= 11 is 0. The van der Waals surface area contributed by atoms with E-state index < -0.39 is 5.97 Å². The quantitative estimate of drug-likeness (QED) is 0.807. The molecule has 0 bridgehead atoms. The van der Waals surface area contributed by atoms with Crippen molar-refractivity contribution in [1.29, 1.82) is 0 Å². The zero-order valence-corrected chi connectivity index (χ0v) is 13.1. The molecule has 118 valence electrons. The van der Waals surface area contributed by atoms with Crippen molar-refractivity contribution >= 4 is 11.9 Å². The topological polar surface area (TPSA) is 92.4 Å². The molecule has 6 heteroatoms. The molecule has 1 unspecified atom stereocenters. The standard InChI is InChI=1S/C15H24N2O4/c1-10-13(21-9-17-10)14(20)16-8-7-11(15(2,3)4)5-6-12(18)19/h9,11H,5-8H2,1-4H3,(H,16,20)(H,18,19). The number of oxazole rings is 1. The minimum Gasteiger partial charge on any atom is -0.481 e. The molecule has 1 heterocycles. The maximum atomic E-state index is 11.9. The number of nitrogens with zero attached hydrogens (tertiary/aromatic N) is 1. The largest absolute Gasteiger partial charge is 0.481 e. The van der Waals surface area contributed by atoms with E-state index in [1.165, 1.54) is 6.39 Å². The van der Waals surface area contributed by atoms with E-state index >= 15 is 0 Å². The second-order valence-electron chi connectivity index (χ2n) is 6.31. The van der Waals surface area contributed by atoms with E-state index in [1.54, 1.807) is 6.92 Å². The van der Waals surface area contributed by atoms with Crippen molar-refractivity contribution in [2.45, 2.75) is 47.0 Å². The van der Waals surface area contributed by atoms with Gasteiger partial charge in [-0.1, -0.05) is 20.8 Å². The highest BCUT2D eigenvalue weighted by atomic mass is 16.4. The second-order valence-corrected chi connectivity index (χ2v) is 6.31. The number of hydrogen-bond donors (Lipinski definition) is 2. The van der Waals surface area contributed by atoms with Gasteiger partial charge in [-0.25, -0.2) is 4.98 Å². The predicted octanol–water partition coefficient (Wildman–Crippen LogP) is 2.63. The highest BCUT2D eigenvalue weighted by molar-refractivity contribution is 5.92. The average molecular weight is 296 g/mol. The molecule has 0 fully saturated rings. The molecular formula is C15H24N2O4. The molecule has 1 aromatic rings. The number of carbonyl (C=O) groups is 2. The SMILES string of the molecule is Cc1ncoc1C(=O)NCCC(CCC(=O)O)C(C)(C)C. The molecule has 1 amide bonds. The van der Waals surface area contributed by atoms with Crippen LogP contribution in [-0.2, 0) is 4.79 Å². The lowest BCUT2D eigenvalue weighted by Crippen LogP contribution is -2.30. The molecule has 0 saturated carbocycles.